The van der Waals surface area contributed by atoms with Crippen molar-refractivity contribution < 1.29 is 56.0 Å². The summed E-state index contributed by atoms with van der Waals surface area (Å²) < 4.78 is 74.5. The largest absolute Gasteiger partial charge is 0.493 e. The molecule has 0 radical (unpaired) electrons. The number of pyridine rings is 3. The van der Waals surface area contributed by atoms with Gasteiger partial charge in [-0.1, -0.05) is 0 Å². The Hall–Kier alpha value is -12.5. The van der Waals surface area contributed by atoms with Crippen LogP contribution in [0.25, 0.3) is 30.8 Å². The first-order valence-corrected chi connectivity index (χ1v) is 50.1. The van der Waals surface area contributed by atoms with Crippen molar-refractivity contribution in [1.82, 2.24) is 30.2 Å². The fourth-order valence-corrected chi connectivity index (χ4v) is 25.7. The Morgan fingerprint density at radius 2 is 1.01 bits per heavy atom. The predicted molar refractivity (Wildman–Crippen MR) is 529 cm³/mol. The Morgan fingerprint density at radius 1 is 0.496 bits per heavy atom. The van der Waals surface area contributed by atoms with Gasteiger partial charge in [0.2, 0.25) is 0 Å². The molecule has 35 heteroatoms. The Kier molecular flexibility index (Phi) is 27.2. The molecule has 2 bridgehead atoms. The highest BCUT2D eigenvalue weighted by atomic mass is 32.1. The molecule has 14 atom stereocenters. The second kappa shape index (κ2) is 39.6. The van der Waals surface area contributed by atoms with Crippen LogP contribution in [0.4, 0.5) is 53.0 Å². The van der Waals surface area contributed by atoms with E-state index < -0.39 is 11.6 Å². The highest BCUT2D eigenvalue weighted by Crippen LogP contribution is 2.55. The number of hydrogen-bond donors (Lipinski definition) is 7. The number of nitrogens with zero attached hydrogens (tertiary/aromatic N) is 13. The molecule has 7 aromatic heterocycles. The summed E-state index contributed by atoms with van der Waals surface area (Å²) in [4.78, 5) is 86.5. The van der Waals surface area contributed by atoms with E-state index in [1.54, 1.807) is 51.9 Å². The molecule has 13 heterocycles. The quantitative estimate of drug-likeness (QED) is 0.0392. The number of rotatable bonds is 18. The molecule has 11 aliphatic rings. The summed E-state index contributed by atoms with van der Waals surface area (Å²) in [6.07, 6.45) is 15.8. The second-order valence-corrected chi connectivity index (χ2v) is 42.3. The van der Waals surface area contributed by atoms with Gasteiger partial charge in [-0.25, -0.2) is 33.1 Å². The number of ether oxygens (including phenoxy) is 5. The number of benzene rings is 4. The molecule has 22 rings (SSSR count). The van der Waals surface area contributed by atoms with Crippen LogP contribution in [0.2, 0.25) is 0 Å². The van der Waals surface area contributed by atoms with Crippen LogP contribution in [-0.4, -0.2) is 178 Å². The molecule has 4 saturated heterocycles. The SMILES string of the molecule is CO[C@H]1CN(c2cc3c(c(F)c2C#N)C[C@@H](CC(=O)c2sc4nc(C)ccc4c2N)CO3)C[C@@H]1N.CO[C@H]1CN(c2cc3c(c(F)c2C#N)C[C@@H](CC(=O)c2sc4nc(C)cnc4c2N)CO3)C[C@@H]1N.CO[C@H]1CN(c2cc3c(cc2C#N)C[C@@H](CC(=O)c2sc4nc(C)ccc4c2N)CC3)C[C@@H]1N.N#Cc1c(N2CC3CCC(C3)C2)cc(F)c2c1CC[C@@H](NC(=O)c1cnc3c(c1)[C@H]1C[C@H]1CC3)C2. The molecule has 0 spiro atoms. The fourth-order valence-electron chi connectivity index (χ4n) is 22.5. The van der Waals surface area contributed by atoms with E-state index in [2.05, 4.69) is 58.2 Å². The normalized spacial score (nSPS) is 23.8. The minimum Gasteiger partial charge on any atom is -0.493 e. The third-order valence-electron chi connectivity index (χ3n) is 30.0. The number of amides is 1. The van der Waals surface area contributed by atoms with E-state index in [4.69, 9.17) is 58.1 Å². The summed E-state index contributed by atoms with van der Waals surface area (Å²) in [5, 5.41) is 44.1. The number of anilines is 7. The van der Waals surface area contributed by atoms with Crippen molar-refractivity contribution in [2.24, 2.45) is 52.7 Å². The summed E-state index contributed by atoms with van der Waals surface area (Å²) in [5.74, 6) is 1.46. The smallest absolute Gasteiger partial charge is 0.253 e. The lowest BCUT2D eigenvalue weighted by Crippen LogP contribution is -2.40. The van der Waals surface area contributed by atoms with Gasteiger partial charge in [0, 0.05) is 174 Å². The third kappa shape index (κ3) is 19.0. The van der Waals surface area contributed by atoms with Crippen LogP contribution in [0, 0.1) is 119 Å². The van der Waals surface area contributed by atoms with Gasteiger partial charge in [-0.3, -0.25) is 24.2 Å². The van der Waals surface area contributed by atoms with Gasteiger partial charge in [0.25, 0.3) is 5.91 Å². The molecule has 6 fully saturated rings. The average Bonchev–Trinajstić information content (AvgIpc) is 1.68. The molecule has 139 heavy (non-hydrogen) atoms. The molecule has 4 aromatic carbocycles. The molecule has 13 N–H and O–H groups in total. The minimum atomic E-state index is -0.614. The number of aromatic nitrogens is 5. The van der Waals surface area contributed by atoms with Gasteiger partial charge in [0.1, 0.15) is 84.4 Å². The summed E-state index contributed by atoms with van der Waals surface area (Å²) in [5.41, 5.74) is 52.8. The van der Waals surface area contributed by atoms with E-state index in [0.717, 1.165) is 110 Å². The van der Waals surface area contributed by atoms with Crippen molar-refractivity contribution in [3.63, 3.8) is 0 Å². The zero-order valence-electron chi connectivity index (χ0n) is 78.4. The monoisotopic (exact) mass is 1940 g/mol. The number of nitriles is 4. The molecular formula is C104H111F3N20O9S3. The van der Waals surface area contributed by atoms with Crippen molar-refractivity contribution in [2.45, 2.75) is 178 Å². The van der Waals surface area contributed by atoms with Gasteiger partial charge in [0.05, 0.1) is 126 Å². The van der Waals surface area contributed by atoms with Gasteiger partial charge < -0.3 is 83.0 Å². The number of nitrogens with two attached hydrogens (primary N) is 6. The first kappa shape index (κ1) is 95.4. The molecule has 6 aliphatic heterocycles. The molecule has 29 nitrogen and oxygen atoms in total. The maximum Gasteiger partial charge on any atom is 0.253 e. The number of carbonyl (C=O) groups excluding carboxylic acids is 4. The first-order valence-electron chi connectivity index (χ1n) is 47.7. The van der Waals surface area contributed by atoms with Crippen LogP contribution in [0.3, 0.4) is 0 Å². The van der Waals surface area contributed by atoms with Crippen molar-refractivity contribution in [1.29, 1.82) is 21.0 Å². The standard InChI is InChI=1S/C29H31FN4O.C26H29N5O2S.C25H26FN5O3S.C24H25FN6O3S/c30-26-11-28(34-14-16-1-2-17(7-16)15-34)25(12-31)21-5-4-20(10-23(21)26)33-29(35)19-9-24-22-8-18(22)3-6-27(24)32-13-19;1-14-3-6-19-24(29)25(34-26(19)30-14)22(32)8-15-4-5-16-10-21(18(11-27)9-17(16)7-15)31-12-20(28)23(13-31)33-2;1-12-3-4-14-23(29)24(35-25(14)30-12)19(32)6-13-5-15-20(34-11-13)7-18(16(8-27)22(15)26)31-9-17(28)21(10-31)33-2;1-11-7-29-22-21(28)23(35-24(22)30-11)17(32)4-12-3-13-18(34-10-12)5-16(14(6-26)20(13)25)31-8-15(27)19(9-31)33-2/h9,11,13,16-18,20,22H,1-8,10,14-15H2,(H,33,35);3,6,9-10,15,20,23H,4-5,7-8,12-13,28-29H2,1-2H3;3-4,7,13,17,21H,5-6,9-11,28-29H2,1-2H3;5,7,12,15,19H,3-4,8-10,27-28H2,1-2H3/t16?,17?,18-,20-,22+;15-,20-,23-;13-,17-,21-;12-,15-,19-/m1000/s1. The van der Waals surface area contributed by atoms with Gasteiger partial charge >= 0.3 is 0 Å². The predicted octanol–water partition coefficient (Wildman–Crippen LogP) is 14.0. The first-order chi connectivity index (χ1) is 67.0. The second-order valence-electron chi connectivity index (χ2n) is 39.3. The molecule has 720 valence electrons. The zero-order chi connectivity index (χ0) is 97.4. The number of piperidine rings is 1. The topological polar surface area (TPSA) is 455 Å². The lowest BCUT2D eigenvalue weighted by molar-refractivity contribution is 0.0926. The summed E-state index contributed by atoms with van der Waals surface area (Å²) in [7, 11) is 4.84. The Labute approximate surface area is 815 Å². The molecule has 5 aliphatic carbocycles. The van der Waals surface area contributed by atoms with Crippen LogP contribution >= 0.6 is 34.0 Å². The number of thiophene rings is 3. The van der Waals surface area contributed by atoms with E-state index in [9.17, 15) is 40.2 Å². The summed E-state index contributed by atoms with van der Waals surface area (Å²) >= 11 is 3.88. The van der Waals surface area contributed by atoms with Gasteiger partial charge in [0.15, 0.2) is 17.3 Å². The molecular weight excluding hydrogens is 1830 g/mol. The summed E-state index contributed by atoms with van der Waals surface area (Å²) in [6, 6.07) is 26.9. The summed E-state index contributed by atoms with van der Waals surface area (Å²) in [6.45, 7) is 11.2. The van der Waals surface area contributed by atoms with Crippen LogP contribution < -0.4 is 68.8 Å². The average molecular weight is 1940 g/mol. The number of carbonyl (C=O) groups is 4. The minimum absolute atomic E-state index is 0.0292. The maximum absolute atomic E-state index is 15.5. The maximum atomic E-state index is 15.5. The number of nitrogens with one attached hydrogen (secondary N) is 1. The number of Topliss-reactive ketones (excluding diaryl/α,β-unsaturated/α-hetero) is 3. The highest BCUT2D eigenvalue weighted by molar-refractivity contribution is 7.22. The van der Waals surface area contributed by atoms with Crippen LogP contribution in [0.5, 0.6) is 11.5 Å². The van der Waals surface area contributed by atoms with Crippen molar-refractivity contribution in [3.8, 4) is 35.8 Å². The van der Waals surface area contributed by atoms with Gasteiger partial charge in [-0.2, -0.15) is 21.0 Å². The Morgan fingerprint density at radius 3 is 1.54 bits per heavy atom. The third-order valence-corrected chi connectivity index (χ3v) is 33.4. The van der Waals surface area contributed by atoms with E-state index >= 15 is 13.2 Å². The number of nitrogen functional groups attached to an aromatic ring is 3. The molecule has 2 saturated carbocycles. The fraction of sp³-hybridized carbons (Fsp3) is 0.452. The zero-order valence-corrected chi connectivity index (χ0v) is 80.9. The van der Waals surface area contributed by atoms with E-state index in [-0.39, 0.29) is 133 Å². The van der Waals surface area contributed by atoms with Crippen LogP contribution in [0.1, 0.15) is 193 Å². The molecule has 11 aromatic rings. The number of fused-ring (bicyclic) bond motifs is 12. The lowest BCUT2D eigenvalue weighted by atomic mass is 9.80. The van der Waals surface area contributed by atoms with Crippen molar-refractivity contribution in [2.75, 3.05) is 124 Å². The van der Waals surface area contributed by atoms with E-state index in [0.29, 0.717) is 187 Å². The van der Waals surface area contributed by atoms with E-state index in [1.807, 2.05) is 79.1 Å². The highest BCUT2D eigenvalue weighted by Gasteiger charge is 2.45. The molecule has 1 amide bonds. The number of hydrogen-bond acceptors (Lipinski definition) is 31. The van der Waals surface area contributed by atoms with Crippen molar-refractivity contribution in [3.05, 3.63) is 195 Å². The number of halogens is 3. The Bertz CT molecular complexity index is 6720. The van der Waals surface area contributed by atoms with Crippen molar-refractivity contribution >= 4 is 128 Å². The number of methoxy groups -OCH3 is 3. The number of aryl methyl sites for hydroxylation is 5. The Balaban J connectivity index is 0.000000118. The number of ketones is 3. The van der Waals surface area contributed by atoms with E-state index in [1.165, 1.54) is 77.2 Å². The van der Waals surface area contributed by atoms with Crippen LogP contribution in [0.15, 0.2) is 73.1 Å². The molecule has 2 unspecified atom stereocenters. The van der Waals surface area contributed by atoms with Gasteiger partial charge in [-0.05, 0) is 217 Å². The lowest BCUT2D eigenvalue weighted by Gasteiger charge is -2.36. The van der Waals surface area contributed by atoms with Gasteiger partial charge in [-0.15, -0.1) is 34.0 Å². The van der Waals surface area contributed by atoms with Crippen LogP contribution in [-0.2, 0) is 59.2 Å².